The second-order valence-electron chi connectivity index (χ2n) is 26.9. The van der Waals surface area contributed by atoms with Crippen LogP contribution < -0.4 is 27.0 Å². The van der Waals surface area contributed by atoms with Crippen LogP contribution in [0.25, 0.3) is 0 Å². The first-order valence-electron chi connectivity index (χ1n) is 31.9. The van der Waals surface area contributed by atoms with E-state index in [0.29, 0.717) is 36.3 Å². The predicted octanol–water partition coefficient (Wildman–Crippen LogP) is 13.8. The number of nitrogens with zero attached hydrogens (tertiary/aromatic N) is 4. The Balaban J connectivity index is 1.11. The van der Waals surface area contributed by atoms with Crippen molar-refractivity contribution in [3.8, 4) is 0 Å². The van der Waals surface area contributed by atoms with Crippen LogP contribution in [0.2, 0.25) is 77.1 Å². The van der Waals surface area contributed by atoms with E-state index in [1.54, 1.807) is 0 Å². The van der Waals surface area contributed by atoms with Gasteiger partial charge in [0.25, 0.3) is 0 Å². The molecule has 6 N–H and O–H groups in total. The van der Waals surface area contributed by atoms with Crippen LogP contribution in [-0.2, 0) is 16.5 Å². The Morgan fingerprint density at radius 2 is 0.853 bits per heavy atom. The van der Waals surface area contributed by atoms with Crippen molar-refractivity contribution in [2.75, 3.05) is 19.6 Å². The third-order valence-corrected chi connectivity index (χ3v) is 37.1. The highest BCUT2D eigenvalue weighted by atomic mass is 28.5. The molecule has 0 saturated heterocycles. The molecule has 0 bridgehead atoms. The third kappa shape index (κ3) is 24.6. The number of hydrogen-bond acceptors (Lipinski definition) is 7. The second-order valence-corrected chi connectivity index (χ2v) is 46.7. The summed E-state index contributed by atoms with van der Waals surface area (Å²) < 4.78 is 29.9. The zero-order valence-electron chi connectivity index (χ0n) is 50.0. The Morgan fingerprint density at radius 3 is 1.35 bits per heavy atom. The average molecular weight is 1130 g/mol. The first-order chi connectivity index (χ1) is 35.8. The number of rotatable bonds is 26. The largest absolute Gasteiger partial charge is 0.467 e. The van der Waals surface area contributed by atoms with Gasteiger partial charge in [-0.05, 0) is 167 Å². The SMILES string of the molecule is C[Si](C)(CCCN(C(N)=NC1CCCCC1)C1CCCCC1)O[Si](C)(C)O[Si](C)(O[Si](C)(C)CCCN=C(NC1CCCCC1)NC1CCCCC1)O[Si](C)(C)CCCNC(=NC1CCCCC1)NC1CCCCC1. The predicted molar refractivity (Wildman–Crippen MR) is 331 cm³/mol. The summed E-state index contributed by atoms with van der Waals surface area (Å²) in [4.78, 5) is 18.3. The normalized spacial score (nSPS) is 22.6. The summed E-state index contributed by atoms with van der Waals surface area (Å²) in [5.74, 6) is 2.86. The van der Waals surface area contributed by atoms with E-state index in [4.69, 9.17) is 37.2 Å². The molecule has 434 valence electrons. The van der Waals surface area contributed by atoms with E-state index in [-0.39, 0.29) is 0 Å². The number of nitrogens with two attached hydrogens (primary N) is 1. The average Bonchev–Trinajstić information content (AvgIpc) is 3.36. The van der Waals surface area contributed by atoms with Gasteiger partial charge in [0.05, 0.1) is 12.1 Å². The Morgan fingerprint density at radius 1 is 0.453 bits per heavy atom. The summed E-state index contributed by atoms with van der Waals surface area (Å²) >= 11 is 0. The molecule has 6 rings (SSSR count). The minimum atomic E-state index is -3.22. The maximum absolute atomic E-state index is 7.53. The highest BCUT2D eigenvalue weighted by Gasteiger charge is 2.51. The van der Waals surface area contributed by atoms with Crippen molar-refractivity contribution in [3.05, 3.63) is 0 Å². The smallest absolute Gasteiger partial charge is 0.436 e. The van der Waals surface area contributed by atoms with Crippen LogP contribution in [0.1, 0.15) is 212 Å². The molecule has 0 heterocycles. The van der Waals surface area contributed by atoms with Crippen LogP contribution in [0, 0.1) is 0 Å². The van der Waals surface area contributed by atoms with Crippen LogP contribution in [0.15, 0.2) is 15.0 Å². The van der Waals surface area contributed by atoms with Crippen LogP contribution in [0.3, 0.4) is 0 Å². The molecule has 0 amide bonds. The minimum Gasteiger partial charge on any atom is -0.436 e. The summed E-state index contributed by atoms with van der Waals surface area (Å²) in [7, 11) is -12.7. The lowest BCUT2D eigenvalue weighted by atomic mass is 9.94. The van der Waals surface area contributed by atoms with E-state index in [2.05, 4.69) is 85.1 Å². The molecule has 0 radical (unpaired) electrons. The summed E-state index contributed by atoms with van der Waals surface area (Å²) in [6.45, 7) is 23.7. The first kappa shape index (κ1) is 62.9. The van der Waals surface area contributed by atoms with Crippen LogP contribution >= 0.6 is 0 Å². The molecule has 0 aromatic carbocycles. The van der Waals surface area contributed by atoms with Crippen LogP contribution in [-0.4, -0.2) is 121 Å². The molecule has 0 spiro atoms. The Kier molecular flexibility index (Phi) is 26.6. The van der Waals surface area contributed by atoms with Crippen molar-refractivity contribution in [2.45, 2.75) is 325 Å². The van der Waals surface area contributed by atoms with Gasteiger partial charge in [-0.2, -0.15) is 0 Å². The van der Waals surface area contributed by atoms with Gasteiger partial charge in [0.15, 0.2) is 42.8 Å². The van der Waals surface area contributed by atoms with E-state index < -0.39 is 42.3 Å². The second kappa shape index (κ2) is 31.7. The van der Waals surface area contributed by atoms with E-state index >= 15 is 0 Å². The van der Waals surface area contributed by atoms with Gasteiger partial charge in [0.1, 0.15) is 0 Å². The van der Waals surface area contributed by atoms with Gasteiger partial charge in [-0.1, -0.05) is 116 Å². The molecule has 6 aliphatic carbocycles. The molecule has 75 heavy (non-hydrogen) atoms. The van der Waals surface area contributed by atoms with Crippen molar-refractivity contribution in [1.82, 2.24) is 26.2 Å². The van der Waals surface area contributed by atoms with Gasteiger partial charge < -0.3 is 48.4 Å². The van der Waals surface area contributed by atoms with E-state index in [1.165, 1.54) is 193 Å². The van der Waals surface area contributed by atoms with Gasteiger partial charge >= 0.3 is 17.4 Å². The van der Waals surface area contributed by atoms with E-state index in [1.807, 2.05) is 0 Å². The maximum atomic E-state index is 7.53. The lowest BCUT2D eigenvalue weighted by molar-refractivity contribution is 0.230. The fourth-order valence-electron chi connectivity index (χ4n) is 13.8. The zero-order chi connectivity index (χ0) is 53.6. The number of hydrogen-bond donors (Lipinski definition) is 5. The molecular formula is C57H117N9O4Si5. The summed E-state index contributed by atoms with van der Waals surface area (Å²) in [5, 5.41) is 15.5. The summed E-state index contributed by atoms with van der Waals surface area (Å²) in [5.41, 5.74) is 6.94. The van der Waals surface area contributed by atoms with Crippen molar-refractivity contribution in [3.63, 3.8) is 0 Å². The number of aliphatic imine (C=N–C) groups is 3. The molecule has 0 aromatic rings. The first-order valence-corrected chi connectivity index (χ1v) is 46.3. The molecule has 6 saturated carbocycles. The molecular weight excluding hydrogens is 1020 g/mol. The van der Waals surface area contributed by atoms with Crippen molar-refractivity contribution in [1.29, 1.82) is 0 Å². The lowest BCUT2D eigenvalue weighted by Gasteiger charge is -2.44. The van der Waals surface area contributed by atoms with Gasteiger partial charge in [-0.3, -0.25) is 4.99 Å². The number of guanidine groups is 3. The van der Waals surface area contributed by atoms with E-state index in [0.717, 1.165) is 74.9 Å². The maximum Gasteiger partial charge on any atom is 0.467 e. The molecule has 13 nitrogen and oxygen atoms in total. The summed E-state index contributed by atoms with van der Waals surface area (Å²) in [6.07, 6.45) is 41.5. The van der Waals surface area contributed by atoms with Gasteiger partial charge in [0, 0.05) is 50.3 Å². The molecule has 1 atom stereocenters. The number of nitrogens with one attached hydrogen (secondary N) is 4. The van der Waals surface area contributed by atoms with Crippen molar-refractivity contribution >= 4 is 60.2 Å². The molecule has 0 aliphatic heterocycles. The van der Waals surface area contributed by atoms with Gasteiger partial charge in [0.2, 0.25) is 0 Å². The standard InChI is InChI=1S/C57H117N9O4Si5/c1-71(2,48-30-45-66(54-41-26-15-27-42-54)55(58)61-49-31-16-10-17-32-49)67-74(7,8)70-75(9,68-72(3,4)46-28-43-59-56(62-50-33-18-11-19-34-50)63-51-35-20-12-21-36-51)69-73(5,6)47-29-44-60-57(64-52-37-22-13-23-38-52)65-53-39-24-14-25-40-53/h49-54H,10-48H2,1-9H3,(H2,58,61)(H2,59,62,63)(H2,60,64,65). The molecule has 1 unspecified atom stereocenters. The zero-order valence-corrected chi connectivity index (χ0v) is 55.0. The van der Waals surface area contributed by atoms with E-state index in [9.17, 15) is 0 Å². The summed E-state index contributed by atoms with van der Waals surface area (Å²) in [6, 6.07) is 6.00. The Bertz CT molecular complexity index is 1690. The quantitative estimate of drug-likeness (QED) is 0.0245. The Hall–Kier alpha value is -1.27. The fourth-order valence-corrected chi connectivity index (χ4v) is 37.1. The lowest BCUT2D eigenvalue weighted by Crippen LogP contribution is -2.62. The topological polar surface area (TPSA) is 151 Å². The monoisotopic (exact) mass is 1130 g/mol. The van der Waals surface area contributed by atoms with Crippen molar-refractivity contribution < 1.29 is 16.5 Å². The highest BCUT2D eigenvalue weighted by molar-refractivity contribution is 6.91. The van der Waals surface area contributed by atoms with Gasteiger partial charge in [-0.25, -0.2) is 9.98 Å². The minimum absolute atomic E-state index is 0.387. The molecule has 6 aliphatic rings. The highest BCUT2D eigenvalue weighted by Crippen LogP contribution is 2.33. The molecule has 0 aromatic heterocycles. The fraction of sp³-hybridized carbons (Fsp3) is 0.947. The van der Waals surface area contributed by atoms with Gasteiger partial charge in [-0.15, -0.1) is 0 Å². The Labute approximate surface area is 465 Å². The van der Waals surface area contributed by atoms with Crippen LogP contribution in [0.5, 0.6) is 0 Å². The molecule has 18 heteroatoms. The van der Waals surface area contributed by atoms with Crippen LogP contribution in [0.4, 0.5) is 0 Å². The third-order valence-electron chi connectivity index (χ3n) is 17.4. The van der Waals surface area contributed by atoms with Crippen molar-refractivity contribution in [2.24, 2.45) is 20.7 Å². The molecule has 6 fully saturated rings.